The van der Waals surface area contributed by atoms with Gasteiger partial charge in [0.15, 0.2) is 0 Å². The highest BCUT2D eigenvalue weighted by atomic mass is 79.9. The standard InChI is InChI=1S/C28H21BrCl2N2O4/c29-24-17-6-2-1-5-16(17)14-32-25(24)19-11-10-15(18-7-4-12-37-26(18)19)13-22(28(35)36)33-27(34)23-20(30)8-3-9-21(23)31/h1-3,5-6,8-11,14,22H,4,7,12-13H2,(H,33,34)(H,35,36)/t22-/m0/s1. The number of carbonyl (C=O) groups is 2. The lowest BCUT2D eigenvalue weighted by molar-refractivity contribution is -0.139. The van der Waals surface area contributed by atoms with Crippen LogP contribution in [0.3, 0.4) is 0 Å². The highest BCUT2D eigenvalue weighted by Gasteiger charge is 2.28. The van der Waals surface area contributed by atoms with E-state index in [1.54, 1.807) is 6.07 Å². The maximum Gasteiger partial charge on any atom is 0.326 e. The second-order valence-electron chi connectivity index (χ2n) is 8.71. The fraction of sp³-hybridized carbons (Fsp3) is 0.179. The van der Waals surface area contributed by atoms with Crippen molar-refractivity contribution in [1.82, 2.24) is 10.3 Å². The first-order chi connectivity index (χ1) is 17.8. The number of carboxylic acid groups (broad SMARTS) is 1. The Bertz CT molecular complexity index is 1520. The van der Waals surface area contributed by atoms with Crippen LogP contribution >= 0.6 is 39.1 Å². The van der Waals surface area contributed by atoms with Gasteiger partial charge in [0.25, 0.3) is 5.91 Å². The molecule has 1 aliphatic rings. The second-order valence-corrected chi connectivity index (χ2v) is 10.3. The van der Waals surface area contributed by atoms with E-state index in [1.165, 1.54) is 12.1 Å². The van der Waals surface area contributed by atoms with Crippen molar-refractivity contribution in [2.45, 2.75) is 25.3 Å². The number of nitrogens with zero attached hydrogens (tertiary/aromatic N) is 1. The Labute approximate surface area is 231 Å². The summed E-state index contributed by atoms with van der Waals surface area (Å²) in [7, 11) is 0. The van der Waals surface area contributed by atoms with Gasteiger partial charge >= 0.3 is 5.97 Å². The molecule has 9 heteroatoms. The van der Waals surface area contributed by atoms with E-state index in [9.17, 15) is 14.7 Å². The first kappa shape index (κ1) is 25.5. The van der Waals surface area contributed by atoms with Gasteiger partial charge in [-0.1, -0.05) is 59.6 Å². The second kappa shape index (κ2) is 10.7. The lowest BCUT2D eigenvalue weighted by atomic mass is 9.91. The number of rotatable bonds is 6. The molecule has 0 unspecified atom stereocenters. The maximum atomic E-state index is 12.9. The fourth-order valence-electron chi connectivity index (χ4n) is 4.59. The fourth-order valence-corrected chi connectivity index (χ4v) is 5.84. The maximum absolute atomic E-state index is 12.9. The molecule has 0 fully saturated rings. The van der Waals surface area contributed by atoms with Crippen molar-refractivity contribution in [3.63, 3.8) is 0 Å². The van der Waals surface area contributed by atoms with Crippen LogP contribution in [0.1, 0.15) is 27.9 Å². The SMILES string of the molecule is O=C(N[C@@H](Cc1ccc(-c2ncc3ccccc3c2Br)c2c1CCCO2)C(=O)O)c1c(Cl)cccc1Cl. The summed E-state index contributed by atoms with van der Waals surface area (Å²) in [5.41, 5.74) is 3.33. The monoisotopic (exact) mass is 598 g/mol. The molecule has 1 aliphatic heterocycles. The van der Waals surface area contributed by atoms with E-state index in [2.05, 4.69) is 21.2 Å². The number of fused-ring (bicyclic) bond motifs is 2. The van der Waals surface area contributed by atoms with E-state index in [4.69, 9.17) is 32.9 Å². The average molecular weight is 600 g/mol. The predicted molar refractivity (Wildman–Crippen MR) is 148 cm³/mol. The molecule has 4 aromatic rings. The first-order valence-corrected chi connectivity index (χ1v) is 13.2. The Morgan fingerprint density at radius 1 is 1.08 bits per heavy atom. The van der Waals surface area contributed by atoms with Crippen molar-refractivity contribution in [1.29, 1.82) is 0 Å². The minimum Gasteiger partial charge on any atom is -0.493 e. The molecule has 37 heavy (non-hydrogen) atoms. The third kappa shape index (κ3) is 5.04. The van der Waals surface area contributed by atoms with E-state index in [-0.39, 0.29) is 22.0 Å². The molecule has 1 aromatic heterocycles. The molecule has 2 N–H and O–H groups in total. The van der Waals surface area contributed by atoms with Crippen LogP contribution in [-0.2, 0) is 17.6 Å². The van der Waals surface area contributed by atoms with Gasteiger partial charge in [-0.2, -0.15) is 0 Å². The molecule has 0 aliphatic carbocycles. The van der Waals surface area contributed by atoms with Crippen LogP contribution in [0.25, 0.3) is 22.0 Å². The summed E-state index contributed by atoms with van der Waals surface area (Å²) in [6.07, 6.45) is 3.42. The topological polar surface area (TPSA) is 88.5 Å². The number of ether oxygens (including phenoxy) is 1. The van der Waals surface area contributed by atoms with Gasteiger partial charge in [-0.25, -0.2) is 4.79 Å². The van der Waals surface area contributed by atoms with Gasteiger partial charge in [0.1, 0.15) is 11.8 Å². The number of hydrogen-bond acceptors (Lipinski definition) is 4. The average Bonchev–Trinajstić information content (AvgIpc) is 2.89. The largest absolute Gasteiger partial charge is 0.493 e. The molecule has 188 valence electrons. The number of amides is 1. The summed E-state index contributed by atoms with van der Waals surface area (Å²) in [5.74, 6) is -1.11. The van der Waals surface area contributed by atoms with E-state index in [1.807, 2.05) is 42.6 Å². The molecule has 0 saturated heterocycles. The van der Waals surface area contributed by atoms with Crippen LogP contribution in [0.5, 0.6) is 5.75 Å². The molecule has 1 atom stereocenters. The Morgan fingerprint density at radius 2 is 1.84 bits per heavy atom. The Kier molecular flexibility index (Phi) is 7.38. The van der Waals surface area contributed by atoms with E-state index in [0.29, 0.717) is 12.4 Å². The summed E-state index contributed by atoms with van der Waals surface area (Å²) in [5, 5.41) is 14.8. The number of pyridine rings is 1. The summed E-state index contributed by atoms with van der Waals surface area (Å²) < 4.78 is 6.97. The molecule has 1 amide bonds. The number of hydrogen-bond donors (Lipinski definition) is 2. The van der Waals surface area contributed by atoms with E-state index < -0.39 is 17.9 Å². The lowest BCUT2D eigenvalue weighted by Gasteiger charge is -2.25. The summed E-state index contributed by atoms with van der Waals surface area (Å²) in [4.78, 5) is 29.7. The minimum atomic E-state index is -1.19. The number of aliphatic carboxylic acids is 1. The number of nitrogens with one attached hydrogen (secondary N) is 1. The van der Waals surface area contributed by atoms with Crippen LogP contribution in [-0.4, -0.2) is 34.6 Å². The van der Waals surface area contributed by atoms with Crippen LogP contribution in [0.15, 0.2) is 65.3 Å². The third-order valence-corrected chi connectivity index (χ3v) is 7.82. The normalized spacial score (nSPS) is 13.5. The quantitative estimate of drug-likeness (QED) is 0.257. The smallest absolute Gasteiger partial charge is 0.326 e. The van der Waals surface area contributed by atoms with Crippen molar-refractivity contribution in [3.05, 3.63) is 92.0 Å². The molecule has 0 saturated carbocycles. The van der Waals surface area contributed by atoms with Gasteiger partial charge in [-0.3, -0.25) is 9.78 Å². The van der Waals surface area contributed by atoms with Crippen LogP contribution < -0.4 is 10.1 Å². The zero-order chi connectivity index (χ0) is 26.1. The Morgan fingerprint density at radius 3 is 2.59 bits per heavy atom. The first-order valence-electron chi connectivity index (χ1n) is 11.6. The predicted octanol–water partition coefficient (Wildman–Crippen LogP) is 6.72. The van der Waals surface area contributed by atoms with Gasteiger partial charge in [0.2, 0.25) is 0 Å². The summed E-state index contributed by atoms with van der Waals surface area (Å²) in [6, 6.07) is 15.2. The highest BCUT2D eigenvalue weighted by Crippen LogP contribution is 2.42. The Hall–Kier alpha value is -3.13. The molecular weight excluding hydrogens is 579 g/mol. The van der Waals surface area contributed by atoms with Crippen molar-refractivity contribution in [2.24, 2.45) is 0 Å². The van der Waals surface area contributed by atoms with E-state index >= 15 is 0 Å². The van der Waals surface area contributed by atoms with Crippen LogP contribution in [0, 0.1) is 0 Å². The highest BCUT2D eigenvalue weighted by molar-refractivity contribution is 9.10. The van der Waals surface area contributed by atoms with Gasteiger partial charge in [-0.05, 0) is 63.5 Å². The minimum absolute atomic E-state index is 0.0463. The van der Waals surface area contributed by atoms with Gasteiger partial charge in [-0.15, -0.1) is 0 Å². The van der Waals surface area contributed by atoms with E-state index in [0.717, 1.165) is 50.5 Å². The molecule has 3 aromatic carbocycles. The van der Waals surface area contributed by atoms with Crippen molar-refractivity contribution in [3.8, 4) is 17.0 Å². The van der Waals surface area contributed by atoms with Crippen LogP contribution in [0.2, 0.25) is 10.0 Å². The lowest BCUT2D eigenvalue weighted by Crippen LogP contribution is -2.42. The van der Waals surface area contributed by atoms with Crippen molar-refractivity contribution < 1.29 is 19.4 Å². The third-order valence-electron chi connectivity index (χ3n) is 6.39. The number of carboxylic acids is 1. The summed E-state index contributed by atoms with van der Waals surface area (Å²) >= 11 is 16.0. The summed E-state index contributed by atoms with van der Waals surface area (Å²) in [6.45, 7) is 0.554. The van der Waals surface area contributed by atoms with Crippen molar-refractivity contribution in [2.75, 3.05) is 6.61 Å². The number of benzene rings is 3. The number of halogens is 3. The molecule has 0 radical (unpaired) electrons. The molecule has 2 heterocycles. The molecule has 5 rings (SSSR count). The number of aromatic nitrogens is 1. The van der Waals surface area contributed by atoms with Gasteiger partial charge in [0.05, 0.1) is 32.4 Å². The molecule has 0 bridgehead atoms. The van der Waals surface area contributed by atoms with Crippen molar-refractivity contribution >= 4 is 61.8 Å². The Balaban J connectivity index is 1.50. The van der Waals surface area contributed by atoms with Gasteiger partial charge in [0, 0.05) is 23.6 Å². The molecular formula is C28H21BrCl2N2O4. The van der Waals surface area contributed by atoms with Crippen LogP contribution in [0.4, 0.5) is 0 Å². The molecule has 6 nitrogen and oxygen atoms in total. The molecule has 0 spiro atoms. The van der Waals surface area contributed by atoms with Gasteiger partial charge < -0.3 is 15.2 Å². The zero-order valence-corrected chi connectivity index (χ0v) is 22.5. The number of carbonyl (C=O) groups excluding carboxylic acids is 1. The zero-order valence-electron chi connectivity index (χ0n) is 19.4.